The molecule has 1 heterocycles. The minimum absolute atomic E-state index is 0.600. The largest absolute Gasteiger partial charge is 0.381 e. The van der Waals surface area contributed by atoms with Gasteiger partial charge in [-0.2, -0.15) is 0 Å². The van der Waals surface area contributed by atoms with Gasteiger partial charge >= 0.3 is 0 Å². The van der Waals surface area contributed by atoms with Gasteiger partial charge < -0.3 is 19.9 Å². The molecule has 0 saturated carbocycles. The molecule has 0 saturated heterocycles. The number of imidazole rings is 1. The van der Waals surface area contributed by atoms with Crippen molar-refractivity contribution in [2.24, 2.45) is 10.9 Å². The zero-order valence-corrected chi connectivity index (χ0v) is 13.5. The van der Waals surface area contributed by atoms with Crippen LogP contribution in [0.2, 0.25) is 0 Å². The van der Waals surface area contributed by atoms with E-state index in [0.29, 0.717) is 5.92 Å². The predicted octanol–water partition coefficient (Wildman–Crippen LogP) is 1.50. The molecule has 0 atom stereocenters. The van der Waals surface area contributed by atoms with E-state index in [1.54, 1.807) is 13.2 Å². The molecule has 0 unspecified atom stereocenters. The van der Waals surface area contributed by atoms with Gasteiger partial charge in [-0.3, -0.25) is 4.99 Å². The van der Waals surface area contributed by atoms with Gasteiger partial charge in [-0.25, -0.2) is 4.98 Å². The second kappa shape index (κ2) is 11.1. The Labute approximate surface area is 128 Å². The van der Waals surface area contributed by atoms with Crippen molar-refractivity contribution in [3.05, 3.63) is 18.7 Å². The van der Waals surface area contributed by atoms with E-state index in [-0.39, 0.29) is 0 Å². The molecule has 6 nitrogen and oxygen atoms in total. The topological polar surface area (TPSA) is 63.5 Å². The van der Waals surface area contributed by atoms with E-state index < -0.39 is 0 Å². The number of nitrogens with zero attached hydrogens (tertiary/aromatic N) is 3. The summed E-state index contributed by atoms with van der Waals surface area (Å²) in [6, 6.07) is 0. The maximum Gasteiger partial charge on any atom is 0.190 e. The Morgan fingerprint density at radius 3 is 2.67 bits per heavy atom. The van der Waals surface area contributed by atoms with Gasteiger partial charge in [0.2, 0.25) is 0 Å². The summed E-state index contributed by atoms with van der Waals surface area (Å²) in [4.78, 5) is 8.23. The molecular weight excluding hydrogens is 266 g/mol. The first-order valence-corrected chi connectivity index (χ1v) is 7.70. The number of aliphatic imine (C=N–C) groups is 1. The van der Waals surface area contributed by atoms with Gasteiger partial charge in [-0.1, -0.05) is 13.8 Å². The number of guanidine groups is 1. The van der Waals surface area contributed by atoms with Crippen LogP contribution in [0, 0.1) is 5.92 Å². The Morgan fingerprint density at radius 2 is 2.05 bits per heavy atom. The molecule has 0 aromatic carbocycles. The lowest BCUT2D eigenvalue weighted by Gasteiger charge is -2.12. The summed E-state index contributed by atoms with van der Waals surface area (Å²) in [5, 5.41) is 6.60. The van der Waals surface area contributed by atoms with Gasteiger partial charge in [0.25, 0.3) is 0 Å². The molecule has 0 aliphatic rings. The fourth-order valence-corrected chi connectivity index (χ4v) is 1.81. The summed E-state index contributed by atoms with van der Waals surface area (Å²) in [6.45, 7) is 8.68. The van der Waals surface area contributed by atoms with E-state index in [4.69, 9.17) is 4.74 Å². The van der Waals surface area contributed by atoms with E-state index in [0.717, 1.165) is 51.6 Å². The second-order valence-electron chi connectivity index (χ2n) is 5.40. The predicted molar refractivity (Wildman–Crippen MR) is 86.5 cm³/mol. The van der Waals surface area contributed by atoms with Crippen LogP contribution >= 0.6 is 0 Å². The minimum Gasteiger partial charge on any atom is -0.381 e. The molecule has 0 spiro atoms. The average Bonchev–Trinajstić information content (AvgIpc) is 2.97. The molecule has 0 aliphatic heterocycles. The van der Waals surface area contributed by atoms with E-state index in [1.165, 1.54) is 0 Å². The minimum atomic E-state index is 0.600. The first-order valence-electron chi connectivity index (χ1n) is 7.70. The van der Waals surface area contributed by atoms with E-state index in [9.17, 15) is 0 Å². The molecule has 0 amide bonds. The van der Waals surface area contributed by atoms with Crippen molar-refractivity contribution in [1.29, 1.82) is 0 Å². The van der Waals surface area contributed by atoms with Crippen LogP contribution in [0.4, 0.5) is 0 Å². The molecule has 2 N–H and O–H groups in total. The summed E-state index contributed by atoms with van der Waals surface area (Å²) in [5.41, 5.74) is 0. The molecule has 0 aliphatic carbocycles. The second-order valence-corrected chi connectivity index (χ2v) is 5.40. The van der Waals surface area contributed by atoms with Gasteiger partial charge in [-0.05, 0) is 18.8 Å². The number of nitrogens with one attached hydrogen (secondary N) is 2. The molecule has 21 heavy (non-hydrogen) atoms. The summed E-state index contributed by atoms with van der Waals surface area (Å²) in [6.07, 6.45) is 7.64. The quantitative estimate of drug-likeness (QED) is 0.390. The molecular formula is C15H29N5O. The van der Waals surface area contributed by atoms with Gasteiger partial charge in [0, 0.05) is 52.3 Å². The maximum absolute atomic E-state index is 5.54. The fraction of sp³-hybridized carbons (Fsp3) is 0.733. The van der Waals surface area contributed by atoms with Crippen molar-refractivity contribution < 1.29 is 4.74 Å². The van der Waals surface area contributed by atoms with E-state index in [2.05, 4.69) is 39.0 Å². The number of aromatic nitrogens is 2. The monoisotopic (exact) mass is 295 g/mol. The molecule has 0 fully saturated rings. The van der Waals surface area contributed by atoms with Gasteiger partial charge in [0.1, 0.15) is 0 Å². The van der Waals surface area contributed by atoms with Crippen LogP contribution in [0.15, 0.2) is 23.7 Å². The van der Waals surface area contributed by atoms with Crippen molar-refractivity contribution in [2.75, 3.05) is 33.4 Å². The van der Waals surface area contributed by atoms with Crippen LogP contribution in [0.25, 0.3) is 0 Å². The first-order chi connectivity index (χ1) is 10.2. The third-order valence-electron chi connectivity index (χ3n) is 2.88. The number of ether oxygens (including phenoxy) is 1. The van der Waals surface area contributed by atoms with Crippen LogP contribution in [-0.2, 0) is 11.3 Å². The van der Waals surface area contributed by atoms with Crippen molar-refractivity contribution in [2.45, 2.75) is 33.2 Å². The van der Waals surface area contributed by atoms with Gasteiger partial charge in [0.15, 0.2) is 5.96 Å². The molecule has 1 aromatic rings. The molecule has 0 radical (unpaired) electrons. The number of aryl methyl sites for hydroxylation is 1. The molecule has 0 bridgehead atoms. The highest BCUT2D eigenvalue weighted by Crippen LogP contribution is 1.93. The Bertz CT molecular complexity index is 375. The molecule has 6 heteroatoms. The Hall–Kier alpha value is -1.56. The van der Waals surface area contributed by atoms with E-state index in [1.807, 2.05) is 12.5 Å². The van der Waals surface area contributed by atoms with Crippen LogP contribution < -0.4 is 10.6 Å². The highest BCUT2D eigenvalue weighted by molar-refractivity contribution is 5.79. The molecule has 1 rings (SSSR count). The SMILES string of the molecule is CN=C(NCCCOCC(C)C)NCCCn1ccnc1. The summed E-state index contributed by atoms with van der Waals surface area (Å²) in [5.74, 6) is 1.45. The normalized spacial score (nSPS) is 11.9. The Kier molecular flexibility index (Phi) is 9.28. The maximum atomic E-state index is 5.54. The lowest BCUT2D eigenvalue weighted by Crippen LogP contribution is -2.38. The third-order valence-corrected chi connectivity index (χ3v) is 2.88. The smallest absolute Gasteiger partial charge is 0.190 e. The van der Waals surface area contributed by atoms with E-state index >= 15 is 0 Å². The lowest BCUT2D eigenvalue weighted by molar-refractivity contribution is 0.108. The number of hydrogen-bond donors (Lipinski definition) is 2. The highest BCUT2D eigenvalue weighted by Gasteiger charge is 1.98. The van der Waals surface area contributed by atoms with Crippen molar-refractivity contribution >= 4 is 5.96 Å². The van der Waals surface area contributed by atoms with Gasteiger partial charge in [-0.15, -0.1) is 0 Å². The first kappa shape index (κ1) is 17.5. The van der Waals surface area contributed by atoms with Crippen LogP contribution in [0.1, 0.15) is 26.7 Å². The van der Waals surface area contributed by atoms with Crippen LogP contribution in [0.5, 0.6) is 0 Å². The molecule has 1 aromatic heterocycles. The number of rotatable bonds is 10. The van der Waals surface area contributed by atoms with Crippen molar-refractivity contribution in [3.63, 3.8) is 0 Å². The van der Waals surface area contributed by atoms with Crippen LogP contribution in [0.3, 0.4) is 0 Å². The van der Waals surface area contributed by atoms with Gasteiger partial charge in [0.05, 0.1) is 6.33 Å². The van der Waals surface area contributed by atoms with Crippen molar-refractivity contribution in [3.8, 4) is 0 Å². The summed E-state index contributed by atoms with van der Waals surface area (Å²) >= 11 is 0. The fourth-order valence-electron chi connectivity index (χ4n) is 1.81. The average molecular weight is 295 g/mol. The standard InChI is InChI=1S/C15H29N5O/c1-14(2)12-21-11-5-7-19-15(16-3)18-6-4-9-20-10-8-17-13-20/h8,10,13-14H,4-7,9,11-12H2,1-3H3,(H2,16,18,19). The zero-order chi connectivity index (χ0) is 15.3. The highest BCUT2D eigenvalue weighted by atomic mass is 16.5. The third kappa shape index (κ3) is 9.07. The van der Waals surface area contributed by atoms with Crippen molar-refractivity contribution in [1.82, 2.24) is 20.2 Å². The van der Waals surface area contributed by atoms with Crippen LogP contribution in [-0.4, -0.2) is 48.9 Å². The zero-order valence-electron chi connectivity index (χ0n) is 13.5. The summed E-state index contributed by atoms with van der Waals surface area (Å²) < 4.78 is 7.61. The Morgan fingerprint density at radius 1 is 1.29 bits per heavy atom. The summed E-state index contributed by atoms with van der Waals surface area (Å²) in [7, 11) is 1.79. The lowest BCUT2D eigenvalue weighted by atomic mass is 10.2. The Balaban J connectivity index is 1.99. The molecule has 120 valence electrons. The number of hydrogen-bond acceptors (Lipinski definition) is 3.